The van der Waals surface area contributed by atoms with Crippen molar-refractivity contribution in [3.05, 3.63) is 39.8 Å². The molecular weight excluding hydrogens is 386 g/mol. The number of fused-ring (bicyclic) bond motifs is 1. The van der Waals surface area contributed by atoms with Crippen molar-refractivity contribution in [2.24, 2.45) is 5.92 Å². The van der Waals surface area contributed by atoms with Crippen molar-refractivity contribution >= 4 is 28.8 Å². The van der Waals surface area contributed by atoms with Gasteiger partial charge in [-0.3, -0.25) is 9.59 Å². The number of carbonyl (C=O) groups excluding carboxylic acids is 2. The summed E-state index contributed by atoms with van der Waals surface area (Å²) in [5, 5.41) is 4.19. The number of carbonyl (C=O) groups is 2. The Hall–Kier alpha value is -2.41. The molecule has 2 heterocycles. The van der Waals surface area contributed by atoms with Crippen LogP contribution < -0.4 is 15.0 Å². The number of amides is 2. The number of hydrogen-bond donors (Lipinski definition) is 1. The number of methoxy groups -OCH3 is 1. The van der Waals surface area contributed by atoms with Crippen molar-refractivity contribution in [3.8, 4) is 5.75 Å². The Morgan fingerprint density at radius 2 is 2.07 bits per heavy atom. The van der Waals surface area contributed by atoms with E-state index in [4.69, 9.17) is 9.72 Å². The van der Waals surface area contributed by atoms with Crippen LogP contribution in [-0.4, -0.2) is 37.0 Å². The van der Waals surface area contributed by atoms with E-state index in [9.17, 15) is 9.59 Å². The zero-order valence-electron chi connectivity index (χ0n) is 16.8. The first-order valence-corrected chi connectivity index (χ1v) is 11.2. The third-order valence-corrected chi connectivity index (χ3v) is 6.85. The van der Waals surface area contributed by atoms with E-state index in [1.54, 1.807) is 12.0 Å². The molecule has 6 nitrogen and oxygen atoms in total. The second-order valence-electron chi connectivity index (χ2n) is 7.68. The molecule has 29 heavy (non-hydrogen) atoms. The third-order valence-electron chi connectivity index (χ3n) is 5.64. The lowest BCUT2D eigenvalue weighted by Crippen LogP contribution is -2.33. The fourth-order valence-electron chi connectivity index (χ4n) is 4.00. The maximum Gasteiger partial charge on any atom is 0.227 e. The summed E-state index contributed by atoms with van der Waals surface area (Å²) in [5.74, 6) is 0.407. The zero-order chi connectivity index (χ0) is 20.2. The van der Waals surface area contributed by atoms with E-state index >= 15 is 0 Å². The third kappa shape index (κ3) is 4.61. The zero-order valence-corrected chi connectivity index (χ0v) is 17.6. The summed E-state index contributed by atoms with van der Waals surface area (Å²) in [7, 11) is 1.61. The van der Waals surface area contributed by atoms with Crippen molar-refractivity contribution in [2.45, 2.75) is 44.9 Å². The van der Waals surface area contributed by atoms with Gasteiger partial charge in [0.05, 0.1) is 23.7 Å². The monoisotopic (exact) mass is 413 g/mol. The lowest BCUT2D eigenvalue weighted by atomic mass is 10.0. The second kappa shape index (κ2) is 8.95. The molecule has 1 saturated heterocycles. The molecule has 154 valence electrons. The van der Waals surface area contributed by atoms with Gasteiger partial charge in [0.2, 0.25) is 11.8 Å². The van der Waals surface area contributed by atoms with Crippen molar-refractivity contribution < 1.29 is 14.3 Å². The first-order chi connectivity index (χ1) is 14.1. The van der Waals surface area contributed by atoms with Gasteiger partial charge in [0, 0.05) is 36.5 Å². The largest absolute Gasteiger partial charge is 0.497 e. The number of nitrogens with zero attached hydrogens (tertiary/aromatic N) is 2. The molecule has 7 heteroatoms. The molecule has 1 aliphatic carbocycles. The average Bonchev–Trinajstić information content (AvgIpc) is 3.34. The molecule has 1 unspecified atom stereocenters. The molecule has 2 aromatic rings. The Morgan fingerprint density at radius 1 is 1.28 bits per heavy atom. The molecule has 4 rings (SSSR count). The summed E-state index contributed by atoms with van der Waals surface area (Å²) in [6.07, 6.45) is 6.85. The van der Waals surface area contributed by atoms with Crippen LogP contribution in [0.5, 0.6) is 5.75 Å². The van der Waals surface area contributed by atoms with Crippen LogP contribution >= 0.6 is 11.3 Å². The van der Waals surface area contributed by atoms with Crippen molar-refractivity contribution in [1.29, 1.82) is 0 Å². The molecule has 0 spiro atoms. The molecule has 1 atom stereocenters. The van der Waals surface area contributed by atoms with Gasteiger partial charge in [-0.05, 0) is 56.4 Å². The van der Waals surface area contributed by atoms with Gasteiger partial charge in [-0.25, -0.2) is 4.98 Å². The van der Waals surface area contributed by atoms with Gasteiger partial charge in [0.1, 0.15) is 5.75 Å². The minimum Gasteiger partial charge on any atom is -0.497 e. The molecule has 1 N–H and O–H groups in total. The minimum atomic E-state index is -0.295. The number of thiazole rings is 1. The standard InChI is InChI=1S/C22H27N3O3S/c1-28-17-10-8-16(9-11-17)25-14-15(13-21(25)26)22(27)23-12-4-7-20-24-18-5-2-3-6-19(18)29-20/h8-11,15H,2-7,12-14H2,1H3,(H,23,27). The molecular formula is C22H27N3O3S. The van der Waals surface area contributed by atoms with Gasteiger partial charge in [-0.2, -0.15) is 0 Å². The Kier molecular flexibility index (Phi) is 6.13. The van der Waals surface area contributed by atoms with E-state index in [-0.39, 0.29) is 24.2 Å². The lowest BCUT2D eigenvalue weighted by Gasteiger charge is -2.17. The van der Waals surface area contributed by atoms with E-state index in [0.29, 0.717) is 13.1 Å². The summed E-state index contributed by atoms with van der Waals surface area (Å²) < 4.78 is 5.16. The highest BCUT2D eigenvalue weighted by molar-refractivity contribution is 7.11. The summed E-state index contributed by atoms with van der Waals surface area (Å²) in [4.78, 5) is 32.8. The number of benzene rings is 1. The molecule has 0 bridgehead atoms. The molecule has 2 aliphatic rings. The molecule has 1 aliphatic heterocycles. The van der Waals surface area contributed by atoms with Crippen LogP contribution in [0, 0.1) is 5.92 Å². The first-order valence-electron chi connectivity index (χ1n) is 10.3. The Labute approximate surface area is 175 Å². The van der Waals surface area contributed by atoms with Crippen LogP contribution in [0.3, 0.4) is 0 Å². The van der Waals surface area contributed by atoms with Crippen LogP contribution in [0.2, 0.25) is 0 Å². The normalized spacial score (nSPS) is 18.6. The number of aromatic nitrogens is 1. The predicted molar refractivity (Wildman–Crippen MR) is 114 cm³/mol. The van der Waals surface area contributed by atoms with Gasteiger partial charge < -0.3 is 15.0 Å². The van der Waals surface area contributed by atoms with Gasteiger partial charge in [-0.1, -0.05) is 0 Å². The van der Waals surface area contributed by atoms with Crippen molar-refractivity contribution in [3.63, 3.8) is 0 Å². The van der Waals surface area contributed by atoms with Crippen LogP contribution in [0.25, 0.3) is 0 Å². The van der Waals surface area contributed by atoms with E-state index in [1.807, 2.05) is 35.6 Å². The Morgan fingerprint density at radius 3 is 2.83 bits per heavy atom. The topological polar surface area (TPSA) is 71.5 Å². The first kappa shape index (κ1) is 19.9. The van der Waals surface area contributed by atoms with Gasteiger partial charge in [0.25, 0.3) is 0 Å². The van der Waals surface area contributed by atoms with Crippen LogP contribution in [0.1, 0.15) is 41.3 Å². The van der Waals surface area contributed by atoms with E-state index in [1.165, 1.54) is 34.8 Å². The summed E-state index contributed by atoms with van der Waals surface area (Å²) in [5.41, 5.74) is 2.10. The smallest absolute Gasteiger partial charge is 0.227 e. The highest BCUT2D eigenvalue weighted by atomic mass is 32.1. The minimum absolute atomic E-state index is 0.0105. The maximum atomic E-state index is 12.5. The second-order valence-corrected chi connectivity index (χ2v) is 8.85. The molecule has 0 saturated carbocycles. The summed E-state index contributed by atoms with van der Waals surface area (Å²) in [6, 6.07) is 7.36. The van der Waals surface area contributed by atoms with E-state index in [2.05, 4.69) is 5.32 Å². The van der Waals surface area contributed by atoms with Crippen molar-refractivity contribution in [2.75, 3.05) is 25.1 Å². The van der Waals surface area contributed by atoms with Crippen molar-refractivity contribution in [1.82, 2.24) is 10.3 Å². The average molecular weight is 414 g/mol. The molecule has 1 aromatic carbocycles. The molecule has 0 radical (unpaired) electrons. The quantitative estimate of drug-likeness (QED) is 0.708. The van der Waals surface area contributed by atoms with Crippen LogP contribution in [0.4, 0.5) is 5.69 Å². The maximum absolute atomic E-state index is 12.5. The SMILES string of the molecule is COc1ccc(N2CC(C(=O)NCCCc3nc4c(s3)CCCC4)CC2=O)cc1. The number of nitrogens with one attached hydrogen (secondary N) is 1. The van der Waals surface area contributed by atoms with Gasteiger partial charge in [-0.15, -0.1) is 11.3 Å². The van der Waals surface area contributed by atoms with Crippen LogP contribution in [0.15, 0.2) is 24.3 Å². The van der Waals surface area contributed by atoms with E-state index in [0.717, 1.165) is 30.7 Å². The fourth-order valence-corrected chi connectivity index (χ4v) is 5.20. The predicted octanol–water partition coefficient (Wildman–Crippen LogP) is 3.13. The number of hydrogen-bond acceptors (Lipinski definition) is 5. The summed E-state index contributed by atoms with van der Waals surface area (Å²) >= 11 is 1.84. The highest BCUT2D eigenvalue weighted by Crippen LogP contribution is 2.28. The fraction of sp³-hybridized carbons (Fsp3) is 0.500. The van der Waals surface area contributed by atoms with Crippen LogP contribution in [-0.2, 0) is 28.9 Å². The molecule has 1 fully saturated rings. The molecule has 1 aromatic heterocycles. The summed E-state index contributed by atoms with van der Waals surface area (Å²) in [6.45, 7) is 1.05. The Balaban J connectivity index is 1.23. The Bertz CT molecular complexity index is 854. The lowest BCUT2D eigenvalue weighted by molar-refractivity contribution is -0.126. The number of rotatable bonds is 7. The number of aryl methyl sites for hydroxylation is 3. The highest BCUT2D eigenvalue weighted by Gasteiger charge is 2.34. The van der Waals surface area contributed by atoms with Gasteiger partial charge in [0.15, 0.2) is 0 Å². The number of anilines is 1. The van der Waals surface area contributed by atoms with Gasteiger partial charge >= 0.3 is 0 Å². The number of ether oxygens (including phenoxy) is 1. The molecule has 2 amide bonds. The van der Waals surface area contributed by atoms with E-state index < -0.39 is 0 Å².